The zero-order chi connectivity index (χ0) is 16.9. The molecule has 0 bridgehead atoms. The molecule has 0 aromatic heterocycles. The molecule has 0 saturated carbocycles. The molecule has 4 nitrogen and oxygen atoms in total. The maximum absolute atomic E-state index is 13.2. The molecule has 0 radical (unpaired) electrons. The summed E-state index contributed by atoms with van der Waals surface area (Å²) >= 11 is 0. The molecule has 3 rings (SSSR count). The van der Waals surface area contributed by atoms with Crippen LogP contribution in [0.25, 0.3) is 0 Å². The fourth-order valence-electron chi connectivity index (χ4n) is 3.66. The second-order valence-electron chi connectivity index (χ2n) is 6.67. The van der Waals surface area contributed by atoms with Gasteiger partial charge in [0.05, 0.1) is 0 Å². The Morgan fingerprint density at radius 2 is 1.96 bits per heavy atom. The number of hydrogen-bond acceptors (Lipinski definition) is 2. The summed E-state index contributed by atoms with van der Waals surface area (Å²) in [7, 11) is 0. The zero-order valence-electron chi connectivity index (χ0n) is 13.8. The molecule has 2 fully saturated rings. The normalized spacial score (nSPS) is 21.9. The van der Waals surface area contributed by atoms with Crippen LogP contribution in [0.1, 0.15) is 24.8 Å². The summed E-state index contributed by atoms with van der Waals surface area (Å²) in [5, 5.41) is 2.88. The first-order valence-electron chi connectivity index (χ1n) is 8.68. The fourth-order valence-corrected chi connectivity index (χ4v) is 3.66. The first kappa shape index (κ1) is 17.1. The van der Waals surface area contributed by atoms with Crippen LogP contribution in [0.15, 0.2) is 18.2 Å². The molecular formula is C18H24F2N2O2. The average molecular weight is 338 g/mol. The quantitative estimate of drug-likeness (QED) is 0.917. The Bertz CT molecular complexity index is 576. The lowest BCUT2D eigenvalue weighted by atomic mass is 9.85. The summed E-state index contributed by atoms with van der Waals surface area (Å²) in [4.78, 5) is 14.1. The van der Waals surface area contributed by atoms with Crippen molar-refractivity contribution >= 4 is 6.03 Å². The maximum Gasteiger partial charge on any atom is 0.317 e. The van der Waals surface area contributed by atoms with Crippen molar-refractivity contribution in [3.8, 4) is 0 Å². The molecule has 1 atom stereocenters. The van der Waals surface area contributed by atoms with Gasteiger partial charge in [-0.25, -0.2) is 13.6 Å². The Morgan fingerprint density at radius 1 is 1.17 bits per heavy atom. The van der Waals surface area contributed by atoms with E-state index in [4.69, 9.17) is 4.74 Å². The van der Waals surface area contributed by atoms with Crippen molar-refractivity contribution < 1.29 is 18.3 Å². The Labute approximate surface area is 141 Å². The Hall–Kier alpha value is -1.69. The number of carbonyl (C=O) groups is 1. The average Bonchev–Trinajstić information content (AvgIpc) is 3.09. The molecule has 6 heteroatoms. The molecule has 1 aromatic rings. The highest BCUT2D eigenvalue weighted by molar-refractivity contribution is 5.74. The van der Waals surface area contributed by atoms with Gasteiger partial charge in [0, 0.05) is 32.8 Å². The minimum atomic E-state index is -0.849. The lowest BCUT2D eigenvalue weighted by Gasteiger charge is -2.27. The maximum atomic E-state index is 13.2. The molecule has 2 amide bonds. The zero-order valence-corrected chi connectivity index (χ0v) is 13.8. The third-order valence-electron chi connectivity index (χ3n) is 5.12. The number of benzene rings is 1. The molecule has 1 aromatic carbocycles. The van der Waals surface area contributed by atoms with E-state index in [1.54, 1.807) is 6.07 Å². The predicted octanol–water partition coefficient (Wildman–Crippen LogP) is 2.97. The summed E-state index contributed by atoms with van der Waals surface area (Å²) in [6.07, 6.45) is 3.73. The highest BCUT2D eigenvalue weighted by Gasteiger charge is 2.32. The van der Waals surface area contributed by atoms with Gasteiger partial charge in [-0.1, -0.05) is 6.07 Å². The van der Waals surface area contributed by atoms with Crippen molar-refractivity contribution in [1.29, 1.82) is 0 Å². The smallest absolute Gasteiger partial charge is 0.317 e. The number of nitrogens with one attached hydrogen (secondary N) is 1. The van der Waals surface area contributed by atoms with Crippen LogP contribution in [0, 0.1) is 23.5 Å². The third kappa shape index (κ3) is 4.23. The number of amides is 2. The van der Waals surface area contributed by atoms with E-state index in [1.165, 1.54) is 6.07 Å². The Morgan fingerprint density at radius 3 is 2.71 bits per heavy atom. The fraction of sp³-hybridized carbons (Fsp3) is 0.611. The highest BCUT2D eigenvalue weighted by atomic mass is 19.2. The summed E-state index contributed by atoms with van der Waals surface area (Å²) in [6.45, 7) is 3.69. The SMILES string of the molecule is O=C(NCCc1ccc(F)c(F)c1)N1CC[C@@H](C2CCOCC2)C1. The minimum Gasteiger partial charge on any atom is -0.381 e. The molecule has 0 spiro atoms. The monoisotopic (exact) mass is 338 g/mol. The van der Waals surface area contributed by atoms with E-state index < -0.39 is 11.6 Å². The van der Waals surface area contributed by atoms with Crippen LogP contribution in [-0.2, 0) is 11.2 Å². The summed E-state index contributed by atoms with van der Waals surface area (Å²) in [6, 6.07) is 3.78. The number of hydrogen-bond donors (Lipinski definition) is 1. The van der Waals surface area contributed by atoms with Crippen LogP contribution < -0.4 is 5.32 Å². The first-order chi connectivity index (χ1) is 11.6. The van der Waals surface area contributed by atoms with Crippen molar-refractivity contribution in [2.24, 2.45) is 11.8 Å². The van der Waals surface area contributed by atoms with Gasteiger partial charge in [0.2, 0.25) is 0 Å². The largest absolute Gasteiger partial charge is 0.381 e. The number of halogens is 2. The lowest BCUT2D eigenvalue weighted by molar-refractivity contribution is 0.0484. The Kier molecular flexibility index (Phi) is 5.66. The van der Waals surface area contributed by atoms with E-state index in [1.807, 2.05) is 4.90 Å². The van der Waals surface area contributed by atoms with Crippen LogP contribution in [0.2, 0.25) is 0 Å². The molecule has 132 valence electrons. The molecule has 0 unspecified atom stereocenters. The van der Waals surface area contributed by atoms with Crippen molar-refractivity contribution in [3.05, 3.63) is 35.4 Å². The van der Waals surface area contributed by atoms with Gasteiger partial charge in [-0.15, -0.1) is 0 Å². The summed E-state index contributed by atoms with van der Waals surface area (Å²) < 4.78 is 31.4. The van der Waals surface area contributed by atoms with E-state index in [0.29, 0.717) is 30.4 Å². The summed E-state index contributed by atoms with van der Waals surface area (Å²) in [5.74, 6) is -0.457. The number of urea groups is 1. The molecule has 2 heterocycles. The second-order valence-corrected chi connectivity index (χ2v) is 6.67. The van der Waals surface area contributed by atoms with Gasteiger partial charge in [-0.2, -0.15) is 0 Å². The third-order valence-corrected chi connectivity index (χ3v) is 5.12. The first-order valence-corrected chi connectivity index (χ1v) is 8.68. The predicted molar refractivity (Wildman–Crippen MR) is 86.7 cm³/mol. The highest BCUT2D eigenvalue weighted by Crippen LogP contribution is 2.31. The molecule has 2 aliphatic rings. The standard InChI is InChI=1S/C18H24F2N2O2/c19-16-2-1-13(11-17(16)20)3-7-21-18(23)22-8-4-15(12-22)14-5-9-24-10-6-14/h1-2,11,14-15H,3-10,12H2,(H,21,23)/t15-/m1/s1. The van der Waals surface area contributed by atoms with E-state index in [-0.39, 0.29) is 6.03 Å². The van der Waals surface area contributed by atoms with E-state index in [2.05, 4.69) is 5.32 Å². The number of carbonyl (C=O) groups excluding carboxylic acids is 1. The topological polar surface area (TPSA) is 41.6 Å². The van der Waals surface area contributed by atoms with Gasteiger partial charge in [-0.05, 0) is 55.2 Å². The van der Waals surface area contributed by atoms with Crippen molar-refractivity contribution in [3.63, 3.8) is 0 Å². The van der Waals surface area contributed by atoms with Crippen LogP contribution in [0.5, 0.6) is 0 Å². The van der Waals surface area contributed by atoms with Gasteiger partial charge in [-0.3, -0.25) is 0 Å². The van der Waals surface area contributed by atoms with Crippen molar-refractivity contribution in [2.75, 3.05) is 32.8 Å². The number of likely N-dealkylation sites (tertiary alicyclic amines) is 1. The van der Waals surface area contributed by atoms with E-state index in [0.717, 1.165) is 51.6 Å². The number of ether oxygens (including phenoxy) is 1. The molecular weight excluding hydrogens is 314 g/mol. The lowest BCUT2D eigenvalue weighted by Crippen LogP contribution is -2.40. The Balaban J connectivity index is 1.41. The van der Waals surface area contributed by atoms with Gasteiger partial charge >= 0.3 is 6.03 Å². The van der Waals surface area contributed by atoms with Gasteiger partial charge in [0.15, 0.2) is 11.6 Å². The molecule has 2 aliphatic heterocycles. The number of nitrogens with zero attached hydrogens (tertiary/aromatic N) is 1. The van der Waals surface area contributed by atoms with Crippen LogP contribution >= 0.6 is 0 Å². The summed E-state index contributed by atoms with van der Waals surface area (Å²) in [5.41, 5.74) is 0.677. The van der Waals surface area contributed by atoms with E-state index in [9.17, 15) is 13.6 Å². The molecule has 2 saturated heterocycles. The van der Waals surface area contributed by atoms with Gasteiger partial charge < -0.3 is 15.0 Å². The van der Waals surface area contributed by atoms with Crippen molar-refractivity contribution in [1.82, 2.24) is 10.2 Å². The minimum absolute atomic E-state index is 0.0628. The van der Waals surface area contributed by atoms with Crippen LogP contribution in [0.4, 0.5) is 13.6 Å². The second kappa shape index (κ2) is 7.92. The molecule has 1 N–H and O–H groups in total. The molecule has 24 heavy (non-hydrogen) atoms. The van der Waals surface area contributed by atoms with Crippen molar-refractivity contribution in [2.45, 2.75) is 25.7 Å². The van der Waals surface area contributed by atoms with Crippen LogP contribution in [-0.4, -0.2) is 43.8 Å². The van der Waals surface area contributed by atoms with Crippen LogP contribution in [0.3, 0.4) is 0 Å². The molecule has 0 aliphatic carbocycles. The van der Waals surface area contributed by atoms with Gasteiger partial charge in [0.25, 0.3) is 0 Å². The van der Waals surface area contributed by atoms with E-state index >= 15 is 0 Å². The number of rotatable bonds is 4. The van der Waals surface area contributed by atoms with Gasteiger partial charge in [0.1, 0.15) is 0 Å².